The molecule has 0 amide bonds. The summed E-state index contributed by atoms with van der Waals surface area (Å²) in [5, 5.41) is 3.78. The first-order valence-corrected chi connectivity index (χ1v) is 6.78. The van der Waals surface area contributed by atoms with E-state index in [0.717, 1.165) is 6.42 Å². The van der Waals surface area contributed by atoms with Gasteiger partial charge < -0.3 is 10.3 Å². The van der Waals surface area contributed by atoms with Gasteiger partial charge in [0, 0.05) is 12.0 Å². The Hall–Kier alpha value is -2.62. The van der Waals surface area contributed by atoms with Gasteiger partial charge in [0.2, 0.25) is 0 Å². The highest BCUT2D eigenvalue weighted by Crippen LogP contribution is 2.32. The van der Waals surface area contributed by atoms with Crippen LogP contribution in [0.15, 0.2) is 59.1 Å². The second kappa shape index (κ2) is 5.79. The highest BCUT2D eigenvalue weighted by molar-refractivity contribution is 5.75. The zero-order valence-electron chi connectivity index (χ0n) is 11.4. The normalized spacial score (nSPS) is 10.7. The van der Waals surface area contributed by atoms with E-state index < -0.39 is 0 Å². The molecule has 0 spiro atoms. The highest BCUT2D eigenvalue weighted by atomic mass is 19.1. The minimum absolute atomic E-state index is 0.225. The van der Waals surface area contributed by atoms with Crippen LogP contribution in [0.5, 0.6) is 0 Å². The maximum atomic E-state index is 14.0. The fourth-order valence-corrected chi connectivity index (χ4v) is 2.36. The molecule has 4 heteroatoms. The molecule has 0 aliphatic heterocycles. The van der Waals surface area contributed by atoms with Gasteiger partial charge in [0.15, 0.2) is 5.82 Å². The van der Waals surface area contributed by atoms with Crippen molar-refractivity contribution in [1.82, 2.24) is 5.16 Å². The van der Waals surface area contributed by atoms with Crippen molar-refractivity contribution in [1.29, 1.82) is 0 Å². The van der Waals surface area contributed by atoms with Crippen LogP contribution >= 0.6 is 0 Å². The van der Waals surface area contributed by atoms with Crippen LogP contribution in [0.1, 0.15) is 11.3 Å². The molecule has 106 valence electrons. The summed E-state index contributed by atoms with van der Waals surface area (Å²) in [7, 11) is 0. The number of hydrogen-bond donors (Lipinski definition) is 1. The quantitative estimate of drug-likeness (QED) is 0.790. The zero-order chi connectivity index (χ0) is 14.7. The molecule has 3 nitrogen and oxygen atoms in total. The number of nitrogens with two attached hydrogens (primary N) is 1. The van der Waals surface area contributed by atoms with Crippen LogP contribution in [0, 0.1) is 5.82 Å². The van der Waals surface area contributed by atoms with Crippen molar-refractivity contribution in [2.45, 2.75) is 12.8 Å². The van der Waals surface area contributed by atoms with Crippen molar-refractivity contribution in [2.75, 3.05) is 5.73 Å². The Morgan fingerprint density at radius 1 is 0.952 bits per heavy atom. The Morgan fingerprint density at radius 3 is 2.43 bits per heavy atom. The lowest BCUT2D eigenvalue weighted by Crippen LogP contribution is -1.95. The average Bonchev–Trinajstić information content (AvgIpc) is 2.88. The highest BCUT2D eigenvalue weighted by Gasteiger charge is 2.18. The van der Waals surface area contributed by atoms with E-state index in [-0.39, 0.29) is 11.6 Å². The summed E-state index contributed by atoms with van der Waals surface area (Å²) in [6, 6.07) is 16.5. The third-order valence-corrected chi connectivity index (χ3v) is 3.42. The molecule has 3 rings (SSSR count). The van der Waals surface area contributed by atoms with Gasteiger partial charge in [-0.2, -0.15) is 0 Å². The van der Waals surface area contributed by atoms with Gasteiger partial charge >= 0.3 is 0 Å². The lowest BCUT2D eigenvalue weighted by atomic mass is 10.0. The standard InChI is InChI=1S/C17H15FN2O/c18-14-9-5-4-8-13(14)16-15(21-20-17(16)19)11-10-12-6-2-1-3-7-12/h1-9H,10-11H2,(H2,19,20). The van der Waals surface area contributed by atoms with E-state index in [2.05, 4.69) is 5.16 Å². The minimum Gasteiger partial charge on any atom is -0.380 e. The van der Waals surface area contributed by atoms with Crippen LogP contribution < -0.4 is 5.73 Å². The van der Waals surface area contributed by atoms with E-state index in [1.807, 2.05) is 30.3 Å². The Balaban J connectivity index is 1.89. The number of hydrogen-bond acceptors (Lipinski definition) is 3. The summed E-state index contributed by atoms with van der Waals surface area (Å²) in [6.07, 6.45) is 1.41. The molecule has 0 radical (unpaired) electrons. The SMILES string of the molecule is Nc1noc(CCc2ccccc2)c1-c1ccccc1F. The van der Waals surface area contributed by atoms with E-state index in [4.69, 9.17) is 10.3 Å². The first-order valence-electron chi connectivity index (χ1n) is 6.78. The third-order valence-electron chi connectivity index (χ3n) is 3.42. The number of benzene rings is 2. The van der Waals surface area contributed by atoms with Crippen LogP contribution in [0.4, 0.5) is 10.2 Å². The fraction of sp³-hybridized carbons (Fsp3) is 0.118. The topological polar surface area (TPSA) is 52.0 Å². The number of rotatable bonds is 4. The van der Waals surface area contributed by atoms with Crippen LogP contribution in [0.25, 0.3) is 11.1 Å². The summed E-state index contributed by atoms with van der Waals surface area (Å²) in [6.45, 7) is 0. The predicted molar refractivity (Wildman–Crippen MR) is 80.2 cm³/mol. The van der Waals surface area contributed by atoms with Crippen molar-refractivity contribution in [3.63, 3.8) is 0 Å². The second-order valence-electron chi connectivity index (χ2n) is 4.83. The fourth-order valence-electron chi connectivity index (χ4n) is 2.36. The molecule has 0 saturated carbocycles. The average molecular weight is 282 g/mol. The molecular formula is C17H15FN2O. The predicted octanol–water partition coefficient (Wildman–Crippen LogP) is 3.85. The molecule has 1 heterocycles. The lowest BCUT2D eigenvalue weighted by molar-refractivity contribution is 0.386. The van der Waals surface area contributed by atoms with Gasteiger partial charge in [0.05, 0.1) is 5.56 Å². The van der Waals surface area contributed by atoms with Gasteiger partial charge in [-0.15, -0.1) is 0 Å². The lowest BCUT2D eigenvalue weighted by Gasteiger charge is -2.04. The Bertz CT molecular complexity index is 738. The molecule has 0 bridgehead atoms. The maximum absolute atomic E-state index is 14.0. The summed E-state index contributed by atoms with van der Waals surface area (Å²) in [4.78, 5) is 0. The molecule has 2 aromatic carbocycles. The van der Waals surface area contributed by atoms with E-state index in [9.17, 15) is 4.39 Å². The van der Waals surface area contributed by atoms with E-state index in [1.165, 1.54) is 11.6 Å². The van der Waals surface area contributed by atoms with E-state index >= 15 is 0 Å². The van der Waals surface area contributed by atoms with E-state index in [1.54, 1.807) is 18.2 Å². The molecular weight excluding hydrogens is 267 g/mol. The van der Waals surface area contributed by atoms with Crippen LogP contribution in [-0.2, 0) is 12.8 Å². The van der Waals surface area contributed by atoms with Gasteiger partial charge in [-0.3, -0.25) is 0 Å². The van der Waals surface area contributed by atoms with Crippen LogP contribution in [0.2, 0.25) is 0 Å². The first-order chi connectivity index (χ1) is 10.3. The molecule has 0 aliphatic rings. The summed E-state index contributed by atoms with van der Waals surface area (Å²) in [5.74, 6) is 0.512. The molecule has 0 fully saturated rings. The smallest absolute Gasteiger partial charge is 0.175 e. The number of aryl methyl sites for hydroxylation is 2. The van der Waals surface area contributed by atoms with Crippen molar-refractivity contribution < 1.29 is 8.91 Å². The van der Waals surface area contributed by atoms with Crippen molar-refractivity contribution in [2.24, 2.45) is 0 Å². The summed E-state index contributed by atoms with van der Waals surface area (Å²) < 4.78 is 19.2. The van der Waals surface area contributed by atoms with Gasteiger partial charge in [0.1, 0.15) is 11.6 Å². The Kier molecular flexibility index (Phi) is 3.69. The summed E-state index contributed by atoms with van der Waals surface area (Å²) >= 11 is 0. The minimum atomic E-state index is -0.326. The van der Waals surface area contributed by atoms with Crippen molar-refractivity contribution >= 4 is 5.82 Å². The summed E-state index contributed by atoms with van der Waals surface area (Å²) in [5.41, 5.74) is 8.02. The van der Waals surface area contributed by atoms with Gasteiger partial charge in [-0.05, 0) is 18.1 Å². The zero-order valence-corrected chi connectivity index (χ0v) is 11.4. The largest absolute Gasteiger partial charge is 0.380 e. The molecule has 1 aromatic heterocycles. The monoisotopic (exact) mass is 282 g/mol. The molecule has 0 unspecified atom stereocenters. The molecule has 0 aliphatic carbocycles. The van der Waals surface area contributed by atoms with Crippen molar-refractivity contribution in [3.8, 4) is 11.1 Å². The number of nitrogens with zero attached hydrogens (tertiary/aromatic N) is 1. The number of halogens is 1. The maximum Gasteiger partial charge on any atom is 0.175 e. The van der Waals surface area contributed by atoms with Crippen LogP contribution in [-0.4, -0.2) is 5.16 Å². The van der Waals surface area contributed by atoms with Gasteiger partial charge in [0.25, 0.3) is 0 Å². The van der Waals surface area contributed by atoms with Crippen molar-refractivity contribution in [3.05, 3.63) is 71.7 Å². The number of aromatic nitrogens is 1. The van der Waals surface area contributed by atoms with Gasteiger partial charge in [-0.1, -0.05) is 53.7 Å². The molecule has 3 aromatic rings. The van der Waals surface area contributed by atoms with Crippen LogP contribution in [0.3, 0.4) is 0 Å². The molecule has 0 saturated heterocycles. The molecule has 2 N–H and O–H groups in total. The molecule has 0 atom stereocenters. The first kappa shape index (κ1) is 13.4. The molecule has 21 heavy (non-hydrogen) atoms. The van der Waals surface area contributed by atoms with E-state index in [0.29, 0.717) is 23.3 Å². The Morgan fingerprint density at radius 2 is 1.67 bits per heavy atom. The number of anilines is 1. The Labute approximate surface area is 122 Å². The number of nitrogen functional groups attached to an aromatic ring is 1. The second-order valence-corrected chi connectivity index (χ2v) is 4.83. The third kappa shape index (κ3) is 2.79. The van der Waals surface area contributed by atoms with Gasteiger partial charge in [-0.25, -0.2) is 4.39 Å².